The number of halogens is 1. The Labute approximate surface area is 139 Å². The number of nitrogens with zero attached hydrogens (tertiary/aromatic N) is 3. The first-order chi connectivity index (χ1) is 11.2. The first-order valence-corrected chi connectivity index (χ1v) is 8.29. The molecule has 4 rings (SSSR count). The van der Waals surface area contributed by atoms with E-state index in [0.717, 1.165) is 44.2 Å². The van der Waals surface area contributed by atoms with Crippen LogP contribution in [0.2, 0.25) is 5.02 Å². The predicted octanol–water partition coefficient (Wildman–Crippen LogP) is 2.78. The van der Waals surface area contributed by atoms with E-state index in [1.54, 1.807) is 12.5 Å². The SMILES string of the molecule is O=C([C@H]1C[C@H]1c1ccco1)N1CCN(c2ccc(Cl)cn2)CC1. The molecule has 0 bridgehead atoms. The van der Waals surface area contributed by atoms with Gasteiger partial charge in [-0.05, 0) is 30.7 Å². The summed E-state index contributed by atoms with van der Waals surface area (Å²) in [6.45, 7) is 3.09. The maximum absolute atomic E-state index is 12.6. The molecular weight excluding hydrogens is 314 g/mol. The summed E-state index contributed by atoms with van der Waals surface area (Å²) in [7, 11) is 0. The van der Waals surface area contributed by atoms with Crippen molar-refractivity contribution in [1.82, 2.24) is 9.88 Å². The van der Waals surface area contributed by atoms with Crippen LogP contribution in [0.25, 0.3) is 0 Å². The summed E-state index contributed by atoms with van der Waals surface area (Å²) >= 11 is 5.87. The second kappa shape index (κ2) is 5.89. The van der Waals surface area contributed by atoms with Crippen molar-refractivity contribution in [3.63, 3.8) is 0 Å². The van der Waals surface area contributed by atoms with Gasteiger partial charge in [-0.25, -0.2) is 4.98 Å². The number of rotatable bonds is 3. The van der Waals surface area contributed by atoms with Crippen molar-refractivity contribution >= 4 is 23.3 Å². The highest BCUT2D eigenvalue weighted by molar-refractivity contribution is 6.30. The van der Waals surface area contributed by atoms with Crippen molar-refractivity contribution in [2.75, 3.05) is 31.1 Å². The van der Waals surface area contributed by atoms with Crippen molar-refractivity contribution in [2.45, 2.75) is 12.3 Å². The molecular formula is C17H18ClN3O2. The molecule has 0 spiro atoms. The number of pyridine rings is 1. The van der Waals surface area contributed by atoms with E-state index in [9.17, 15) is 4.79 Å². The topological polar surface area (TPSA) is 49.6 Å². The normalized spacial score (nSPS) is 23.9. The molecule has 23 heavy (non-hydrogen) atoms. The molecule has 2 aromatic heterocycles. The lowest BCUT2D eigenvalue weighted by atomic mass is 10.2. The molecule has 5 nitrogen and oxygen atoms in total. The van der Waals surface area contributed by atoms with Crippen LogP contribution >= 0.6 is 11.6 Å². The highest BCUT2D eigenvalue weighted by atomic mass is 35.5. The predicted molar refractivity (Wildman–Crippen MR) is 87.6 cm³/mol. The van der Waals surface area contributed by atoms with E-state index in [1.807, 2.05) is 29.2 Å². The fourth-order valence-electron chi connectivity index (χ4n) is 3.23. The van der Waals surface area contributed by atoms with E-state index >= 15 is 0 Å². The Kier molecular flexibility index (Phi) is 3.73. The lowest BCUT2D eigenvalue weighted by Crippen LogP contribution is -2.49. The lowest BCUT2D eigenvalue weighted by Gasteiger charge is -2.35. The van der Waals surface area contributed by atoms with E-state index < -0.39 is 0 Å². The Balaban J connectivity index is 1.33. The average molecular weight is 332 g/mol. The van der Waals surface area contributed by atoms with Gasteiger partial charge in [-0.1, -0.05) is 11.6 Å². The van der Waals surface area contributed by atoms with Crippen molar-refractivity contribution < 1.29 is 9.21 Å². The Bertz CT molecular complexity index is 678. The molecule has 1 saturated heterocycles. The molecule has 6 heteroatoms. The Morgan fingerprint density at radius 3 is 2.70 bits per heavy atom. The fraction of sp³-hybridized carbons (Fsp3) is 0.412. The third kappa shape index (κ3) is 2.93. The quantitative estimate of drug-likeness (QED) is 0.867. The van der Waals surface area contributed by atoms with E-state index in [2.05, 4.69) is 9.88 Å². The van der Waals surface area contributed by atoms with Crippen molar-refractivity contribution in [3.8, 4) is 0 Å². The molecule has 1 aliphatic heterocycles. The van der Waals surface area contributed by atoms with Gasteiger partial charge >= 0.3 is 0 Å². The third-order valence-electron chi connectivity index (χ3n) is 4.64. The first-order valence-electron chi connectivity index (χ1n) is 7.91. The minimum atomic E-state index is 0.0985. The van der Waals surface area contributed by atoms with Crippen LogP contribution in [0.4, 0.5) is 5.82 Å². The van der Waals surface area contributed by atoms with Crippen LogP contribution in [0.3, 0.4) is 0 Å². The van der Waals surface area contributed by atoms with Gasteiger partial charge in [0.15, 0.2) is 0 Å². The van der Waals surface area contributed by atoms with Crippen LogP contribution in [0.15, 0.2) is 41.1 Å². The standard InChI is InChI=1S/C17H18ClN3O2/c18-12-3-4-16(19-11-12)20-5-7-21(8-6-20)17(22)14-10-13(14)15-2-1-9-23-15/h1-4,9,11,13-14H,5-8,10H2/t13-,14+/m1/s1. The summed E-state index contributed by atoms with van der Waals surface area (Å²) in [6.07, 6.45) is 4.24. The van der Waals surface area contributed by atoms with Gasteiger partial charge in [-0.15, -0.1) is 0 Å². The Morgan fingerprint density at radius 1 is 1.22 bits per heavy atom. The highest BCUT2D eigenvalue weighted by Crippen LogP contribution is 2.48. The fourth-order valence-corrected chi connectivity index (χ4v) is 3.34. The minimum Gasteiger partial charge on any atom is -0.469 e. The van der Waals surface area contributed by atoms with Gasteiger partial charge in [0, 0.05) is 44.2 Å². The number of aromatic nitrogens is 1. The number of anilines is 1. The summed E-state index contributed by atoms with van der Waals surface area (Å²) in [6, 6.07) is 7.61. The molecule has 2 atom stereocenters. The minimum absolute atomic E-state index is 0.0985. The molecule has 120 valence electrons. The summed E-state index contributed by atoms with van der Waals surface area (Å²) in [5, 5.41) is 0.639. The molecule has 3 heterocycles. The van der Waals surface area contributed by atoms with Crippen molar-refractivity contribution in [1.29, 1.82) is 0 Å². The monoisotopic (exact) mass is 331 g/mol. The smallest absolute Gasteiger partial charge is 0.226 e. The maximum atomic E-state index is 12.6. The summed E-state index contributed by atoms with van der Waals surface area (Å²) in [5.41, 5.74) is 0. The first kappa shape index (κ1) is 14.6. The number of hydrogen-bond acceptors (Lipinski definition) is 4. The number of amides is 1. The molecule has 0 radical (unpaired) electrons. The van der Waals surface area contributed by atoms with E-state index in [1.165, 1.54) is 0 Å². The number of carbonyl (C=O) groups excluding carboxylic acids is 1. The van der Waals surface area contributed by atoms with Crippen LogP contribution in [0.1, 0.15) is 18.1 Å². The van der Waals surface area contributed by atoms with E-state index in [0.29, 0.717) is 5.02 Å². The highest BCUT2D eigenvalue weighted by Gasteiger charge is 2.47. The maximum Gasteiger partial charge on any atom is 0.226 e. The Hall–Kier alpha value is -2.01. The van der Waals surface area contributed by atoms with Gasteiger partial charge in [0.2, 0.25) is 5.91 Å². The zero-order chi connectivity index (χ0) is 15.8. The number of furan rings is 1. The van der Waals surface area contributed by atoms with Gasteiger partial charge in [-0.2, -0.15) is 0 Å². The molecule has 0 aromatic carbocycles. The average Bonchev–Trinajstić information content (AvgIpc) is 3.20. The van der Waals surface area contributed by atoms with Crippen LogP contribution in [-0.2, 0) is 4.79 Å². The van der Waals surface area contributed by atoms with Crippen molar-refractivity contribution in [3.05, 3.63) is 47.5 Å². The van der Waals surface area contributed by atoms with Gasteiger partial charge < -0.3 is 14.2 Å². The van der Waals surface area contributed by atoms with Gasteiger partial charge in [-0.3, -0.25) is 4.79 Å². The summed E-state index contributed by atoms with van der Waals surface area (Å²) in [5.74, 6) is 2.48. The van der Waals surface area contributed by atoms with Crippen LogP contribution in [-0.4, -0.2) is 42.0 Å². The van der Waals surface area contributed by atoms with Gasteiger partial charge in [0.1, 0.15) is 11.6 Å². The second-order valence-corrected chi connectivity index (χ2v) is 6.55. The zero-order valence-corrected chi connectivity index (χ0v) is 13.4. The molecule has 2 aromatic rings. The van der Waals surface area contributed by atoms with Gasteiger partial charge in [0.25, 0.3) is 0 Å². The molecule has 0 unspecified atom stereocenters. The van der Waals surface area contributed by atoms with E-state index in [-0.39, 0.29) is 17.7 Å². The molecule has 1 saturated carbocycles. The number of hydrogen-bond donors (Lipinski definition) is 0. The number of piperazine rings is 1. The second-order valence-electron chi connectivity index (χ2n) is 6.11. The third-order valence-corrected chi connectivity index (χ3v) is 4.87. The largest absolute Gasteiger partial charge is 0.469 e. The molecule has 1 aliphatic carbocycles. The molecule has 2 aliphatic rings. The summed E-state index contributed by atoms with van der Waals surface area (Å²) < 4.78 is 5.41. The van der Waals surface area contributed by atoms with Crippen LogP contribution < -0.4 is 4.90 Å². The zero-order valence-electron chi connectivity index (χ0n) is 12.7. The number of carbonyl (C=O) groups is 1. The van der Waals surface area contributed by atoms with Crippen molar-refractivity contribution in [2.24, 2.45) is 5.92 Å². The van der Waals surface area contributed by atoms with Crippen LogP contribution in [0.5, 0.6) is 0 Å². The lowest BCUT2D eigenvalue weighted by molar-refractivity contribution is -0.133. The Morgan fingerprint density at radius 2 is 2.04 bits per heavy atom. The van der Waals surface area contributed by atoms with Gasteiger partial charge in [0.05, 0.1) is 11.3 Å². The van der Waals surface area contributed by atoms with Crippen LogP contribution in [0, 0.1) is 5.92 Å². The summed E-state index contributed by atoms with van der Waals surface area (Å²) in [4.78, 5) is 21.1. The molecule has 2 fully saturated rings. The molecule has 0 N–H and O–H groups in total. The van der Waals surface area contributed by atoms with E-state index in [4.69, 9.17) is 16.0 Å². The molecule has 1 amide bonds.